The molecule has 2 N–H and O–H groups in total. The van der Waals surface area contributed by atoms with Crippen molar-refractivity contribution in [1.82, 2.24) is 0 Å². The van der Waals surface area contributed by atoms with Crippen LogP contribution in [0.15, 0.2) is 60.7 Å². The van der Waals surface area contributed by atoms with Gasteiger partial charge in [-0.25, -0.2) is 4.79 Å². The van der Waals surface area contributed by atoms with Gasteiger partial charge in [-0.2, -0.15) is 0 Å². The Labute approximate surface area is 214 Å². The number of benzene rings is 3. The van der Waals surface area contributed by atoms with Crippen LogP contribution in [0.1, 0.15) is 73.1 Å². The van der Waals surface area contributed by atoms with Crippen LogP contribution >= 0.6 is 0 Å². The van der Waals surface area contributed by atoms with Crippen LogP contribution in [-0.4, -0.2) is 19.0 Å². The summed E-state index contributed by atoms with van der Waals surface area (Å²) in [5.74, 6) is -0.606. The van der Waals surface area contributed by atoms with Crippen molar-refractivity contribution in [2.45, 2.75) is 64.7 Å². The minimum Gasteiger partial charge on any atom is -0.465 e. The van der Waals surface area contributed by atoms with Gasteiger partial charge in [0, 0.05) is 5.69 Å². The molecule has 0 aromatic heterocycles. The van der Waals surface area contributed by atoms with Crippen molar-refractivity contribution in [2.24, 2.45) is 0 Å². The zero-order valence-electron chi connectivity index (χ0n) is 22.1. The summed E-state index contributed by atoms with van der Waals surface area (Å²) < 4.78 is 4.90. The first-order valence-electron chi connectivity index (χ1n) is 12.5. The number of methoxy groups -OCH3 is 1. The molecular formula is C31H36N2O3. The molecule has 1 aliphatic rings. The summed E-state index contributed by atoms with van der Waals surface area (Å²) in [4.78, 5) is 25.1. The van der Waals surface area contributed by atoms with Crippen molar-refractivity contribution in [1.29, 1.82) is 0 Å². The normalized spacial score (nSPS) is 15.5. The minimum atomic E-state index is -0.450. The highest BCUT2D eigenvalue weighted by atomic mass is 16.5. The second kappa shape index (κ2) is 9.81. The van der Waals surface area contributed by atoms with Crippen LogP contribution in [-0.2, 0) is 26.8 Å². The number of carbonyl (C=O) groups is 2. The topological polar surface area (TPSA) is 67.4 Å². The molecule has 1 amide bonds. The van der Waals surface area contributed by atoms with Gasteiger partial charge in [-0.3, -0.25) is 4.79 Å². The first-order chi connectivity index (χ1) is 17.0. The monoisotopic (exact) mass is 484 g/mol. The van der Waals surface area contributed by atoms with Gasteiger partial charge in [-0.1, -0.05) is 64.1 Å². The van der Waals surface area contributed by atoms with Crippen molar-refractivity contribution in [3.05, 3.63) is 88.5 Å². The third-order valence-corrected chi connectivity index (χ3v) is 7.39. The molecule has 0 heterocycles. The summed E-state index contributed by atoms with van der Waals surface area (Å²) >= 11 is 0. The number of aryl methyl sites for hydroxylation is 1. The molecule has 1 aliphatic carbocycles. The average Bonchev–Trinajstić information content (AvgIpc) is 2.84. The first-order valence-corrected chi connectivity index (χ1v) is 12.5. The molecule has 3 aromatic rings. The van der Waals surface area contributed by atoms with Gasteiger partial charge < -0.3 is 15.4 Å². The lowest BCUT2D eigenvalue weighted by Crippen LogP contribution is -2.34. The summed E-state index contributed by atoms with van der Waals surface area (Å²) in [5.41, 5.74) is 7.65. The van der Waals surface area contributed by atoms with Crippen LogP contribution < -0.4 is 10.6 Å². The van der Waals surface area contributed by atoms with Gasteiger partial charge in [0.1, 0.15) is 0 Å². The maximum atomic E-state index is 12.9. The number of fused-ring (bicyclic) bond motifs is 1. The third kappa shape index (κ3) is 5.30. The van der Waals surface area contributed by atoms with Crippen molar-refractivity contribution >= 4 is 28.9 Å². The summed E-state index contributed by atoms with van der Waals surface area (Å²) in [5, 5.41) is 6.54. The molecule has 36 heavy (non-hydrogen) atoms. The van der Waals surface area contributed by atoms with E-state index in [0.717, 1.165) is 35.3 Å². The molecule has 0 bridgehead atoms. The number of hydrogen-bond donors (Lipinski definition) is 2. The van der Waals surface area contributed by atoms with Crippen LogP contribution in [0.5, 0.6) is 0 Å². The molecule has 0 fully saturated rings. The maximum absolute atomic E-state index is 12.9. The minimum absolute atomic E-state index is 0.0798. The Hall–Kier alpha value is -3.60. The lowest BCUT2D eigenvalue weighted by Gasteiger charge is -2.42. The fraction of sp³-hybridized carbons (Fsp3) is 0.355. The molecule has 4 rings (SSSR count). The van der Waals surface area contributed by atoms with Crippen LogP contribution in [0.25, 0.3) is 0 Å². The zero-order valence-corrected chi connectivity index (χ0v) is 22.1. The number of nitrogens with one attached hydrogen (secondary N) is 2. The number of amides is 1. The summed E-state index contributed by atoms with van der Waals surface area (Å²) in [7, 11) is 1.35. The molecule has 0 spiro atoms. The van der Waals surface area contributed by atoms with Crippen molar-refractivity contribution < 1.29 is 14.3 Å². The van der Waals surface area contributed by atoms with Crippen LogP contribution in [0.4, 0.5) is 17.1 Å². The second-order valence-electron chi connectivity index (χ2n) is 11.1. The standard InChI is InChI=1S/C31H36N2O3/c1-20-16-23-24(31(4,5)15-14-30(23,2)3)19-26(20)32-25-13-12-22(29(35)36-6)18-27(25)33-28(34)17-21-10-8-7-9-11-21/h7-13,16,18-19,32H,14-15,17H2,1-6H3,(H,33,34). The van der Waals surface area contributed by atoms with E-state index < -0.39 is 5.97 Å². The van der Waals surface area contributed by atoms with Gasteiger partial charge in [0.25, 0.3) is 0 Å². The van der Waals surface area contributed by atoms with Crippen LogP contribution in [0, 0.1) is 6.92 Å². The number of carbonyl (C=O) groups excluding carboxylic acids is 2. The van der Waals surface area contributed by atoms with Gasteiger partial charge in [0.05, 0.1) is 30.5 Å². The zero-order chi connectivity index (χ0) is 26.1. The van der Waals surface area contributed by atoms with E-state index in [1.165, 1.54) is 18.2 Å². The van der Waals surface area contributed by atoms with E-state index in [1.54, 1.807) is 12.1 Å². The van der Waals surface area contributed by atoms with E-state index >= 15 is 0 Å². The van der Waals surface area contributed by atoms with E-state index in [4.69, 9.17) is 4.74 Å². The van der Waals surface area contributed by atoms with Crippen molar-refractivity contribution in [3.8, 4) is 0 Å². The van der Waals surface area contributed by atoms with E-state index in [2.05, 4.69) is 57.4 Å². The molecule has 0 unspecified atom stereocenters. The largest absolute Gasteiger partial charge is 0.465 e. The Bertz CT molecular complexity index is 1290. The summed E-state index contributed by atoms with van der Waals surface area (Å²) in [6, 6.07) is 19.3. The molecular weight excluding hydrogens is 448 g/mol. The smallest absolute Gasteiger partial charge is 0.337 e. The fourth-order valence-electron chi connectivity index (χ4n) is 4.98. The SMILES string of the molecule is COC(=O)c1ccc(Nc2cc3c(cc2C)C(C)(C)CCC3(C)C)c(NC(=O)Cc2ccccc2)c1. The Morgan fingerprint density at radius 1 is 0.833 bits per heavy atom. The van der Waals surface area contributed by atoms with E-state index in [1.807, 2.05) is 36.4 Å². The van der Waals surface area contributed by atoms with E-state index in [0.29, 0.717) is 11.3 Å². The predicted octanol–water partition coefficient (Wildman–Crippen LogP) is 7.06. The van der Waals surface area contributed by atoms with Gasteiger partial charge >= 0.3 is 5.97 Å². The highest BCUT2D eigenvalue weighted by Crippen LogP contribution is 2.47. The lowest BCUT2D eigenvalue weighted by molar-refractivity contribution is -0.115. The fourth-order valence-corrected chi connectivity index (χ4v) is 4.98. The van der Waals surface area contributed by atoms with Crippen molar-refractivity contribution in [2.75, 3.05) is 17.7 Å². The third-order valence-electron chi connectivity index (χ3n) is 7.39. The quantitative estimate of drug-likeness (QED) is 0.368. The Balaban J connectivity index is 1.70. The van der Waals surface area contributed by atoms with Gasteiger partial charge in [-0.15, -0.1) is 0 Å². The average molecular weight is 485 g/mol. The van der Waals surface area contributed by atoms with Crippen molar-refractivity contribution in [3.63, 3.8) is 0 Å². The second-order valence-corrected chi connectivity index (χ2v) is 11.1. The first kappa shape index (κ1) is 25.5. The molecule has 0 saturated heterocycles. The number of anilines is 3. The number of hydrogen-bond acceptors (Lipinski definition) is 4. The van der Waals surface area contributed by atoms with Crippen LogP contribution in [0.3, 0.4) is 0 Å². The van der Waals surface area contributed by atoms with E-state index in [9.17, 15) is 9.59 Å². The van der Waals surface area contributed by atoms with Gasteiger partial charge in [-0.05, 0) is 77.1 Å². The molecule has 5 heteroatoms. The molecule has 0 atom stereocenters. The Morgan fingerprint density at radius 3 is 2.11 bits per heavy atom. The number of esters is 1. The maximum Gasteiger partial charge on any atom is 0.337 e. The molecule has 188 valence electrons. The van der Waals surface area contributed by atoms with Gasteiger partial charge in [0.15, 0.2) is 0 Å². The Kier molecular flexibility index (Phi) is 6.94. The molecule has 5 nitrogen and oxygen atoms in total. The molecule has 0 aliphatic heterocycles. The molecule has 3 aromatic carbocycles. The number of rotatable bonds is 6. The predicted molar refractivity (Wildman–Crippen MR) is 146 cm³/mol. The number of ether oxygens (including phenoxy) is 1. The van der Waals surface area contributed by atoms with Crippen LogP contribution in [0.2, 0.25) is 0 Å². The highest BCUT2D eigenvalue weighted by Gasteiger charge is 2.37. The highest BCUT2D eigenvalue weighted by molar-refractivity contribution is 5.99. The van der Waals surface area contributed by atoms with E-state index in [-0.39, 0.29) is 23.2 Å². The van der Waals surface area contributed by atoms with Gasteiger partial charge in [0.2, 0.25) is 5.91 Å². The summed E-state index contributed by atoms with van der Waals surface area (Å²) in [6.45, 7) is 11.4. The lowest BCUT2D eigenvalue weighted by atomic mass is 9.63. The molecule has 0 radical (unpaired) electrons. The summed E-state index contributed by atoms with van der Waals surface area (Å²) in [6.07, 6.45) is 2.53. The Morgan fingerprint density at radius 2 is 1.47 bits per heavy atom. The molecule has 0 saturated carbocycles.